The summed E-state index contributed by atoms with van der Waals surface area (Å²) in [6.07, 6.45) is 7.64. The van der Waals surface area contributed by atoms with Gasteiger partial charge in [0.25, 0.3) is 5.91 Å². The first-order valence-electron chi connectivity index (χ1n) is 8.37. The minimum absolute atomic E-state index is 0.0490. The van der Waals surface area contributed by atoms with Crippen molar-refractivity contribution in [3.05, 3.63) is 41.7 Å². The summed E-state index contributed by atoms with van der Waals surface area (Å²) in [7, 11) is 1.97. The molecule has 0 bridgehead atoms. The number of nitrogens with one attached hydrogen (secondary N) is 1. The number of carbonyl (C=O) groups excluding carboxylic acids is 1. The first-order valence-corrected chi connectivity index (χ1v) is 9.59. The quantitative estimate of drug-likeness (QED) is 0.847. The molecule has 3 rings (SSSR count). The first-order chi connectivity index (χ1) is 11.7. The van der Waals surface area contributed by atoms with Gasteiger partial charge in [-0.05, 0) is 49.8 Å². The summed E-state index contributed by atoms with van der Waals surface area (Å²) in [5.74, 6) is -0.0490. The van der Waals surface area contributed by atoms with Gasteiger partial charge < -0.3 is 14.8 Å². The van der Waals surface area contributed by atoms with Crippen molar-refractivity contribution in [3.8, 4) is 0 Å². The molecule has 1 amide bonds. The van der Waals surface area contributed by atoms with Gasteiger partial charge in [-0.1, -0.05) is 11.8 Å². The van der Waals surface area contributed by atoms with Gasteiger partial charge in [0, 0.05) is 31.4 Å². The minimum Gasteiger partial charge on any atom is -0.372 e. The van der Waals surface area contributed by atoms with E-state index in [9.17, 15) is 4.79 Å². The van der Waals surface area contributed by atoms with Gasteiger partial charge in [-0.25, -0.2) is 4.98 Å². The number of aromatic nitrogens is 2. The fraction of sp³-hybridized carbons (Fsp3) is 0.444. The molecule has 1 aliphatic heterocycles. The highest BCUT2D eigenvalue weighted by Gasteiger charge is 2.12. The van der Waals surface area contributed by atoms with Gasteiger partial charge in [-0.3, -0.25) is 4.79 Å². The van der Waals surface area contributed by atoms with E-state index in [0.29, 0.717) is 12.1 Å². The van der Waals surface area contributed by atoms with Crippen LogP contribution in [0.25, 0.3) is 0 Å². The fourth-order valence-electron chi connectivity index (χ4n) is 3.03. The number of rotatable bonds is 5. The molecule has 128 valence electrons. The van der Waals surface area contributed by atoms with E-state index in [1.165, 1.54) is 24.9 Å². The summed E-state index contributed by atoms with van der Waals surface area (Å²) >= 11 is 1.60. The lowest BCUT2D eigenvalue weighted by Gasteiger charge is -2.28. The monoisotopic (exact) mass is 344 g/mol. The van der Waals surface area contributed by atoms with Crippen LogP contribution < -0.4 is 10.2 Å². The Morgan fingerprint density at radius 2 is 1.92 bits per heavy atom. The highest BCUT2D eigenvalue weighted by molar-refractivity contribution is 7.98. The molecule has 1 aliphatic rings. The molecule has 5 nitrogen and oxygen atoms in total. The highest BCUT2D eigenvalue weighted by Crippen LogP contribution is 2.20. The van der Waals surface area contributed by atoms with Crippen LogP contribution in [-0.4, -0.2) is 34.8 Å². The number of hydrogen-bond donors (Lipinski definition) is 1. The van der Waals surface area contributed by atoms with Gasteiger partial charge in [0.2, 0.25) is 0 Å². The summed E-state index contributed by atoms with van der Waals surface area (Å²) in [5, 5.41) is 3.92. The molecule has 2 aromatic rings. The number of piperidine rings is 1. The van der Waals surface area contributed by atoms with E-state index in [0.717, 1.165) is 23.9 Å². The van der Waals surface area contributed by atoms with Gasteiger partial charge in [0.05, 0.1) is 18.4 Å². The number of hydrogen-bond acceptors (Lipinski definition) is 4. The van der Waals surface area contributed by atoms with E-state index in [1.54, 1.807) is 11.8 Å². The lowest BCUT2D eigenvalue weighted by atomic mass is 10.1. The average Bonchev–Trinajstić information content (AvgIpc) is 3.00. The van der Waals surface area contributed by atoms with Crippen LogP contribution in [0.2, 0.25) is 0 Å². The van der Waals surface area contributed by atoms with Gasteiger partial charge in [-0.15, -0.1) is 0 Å². The van der Waals surface area contributed by atoms with E-state index in [1.807, 2.05) is 36.2 Å². The zero-order valence-electron chi connectivity index (χ0n) is 14.3. The van der Waals surface area contributed by atoms with Gasteiger partial charge in [0.15, 0.2) is 5.16 Å². The predicted molar refractivity (Wildman–Crippen MR) is 98.7 cm³/mol. The van der Waals surface area contributed by atoms with Crippen molar-refractivity contribution in [2.45, 2.75) is 31.0 Å². The number of anilines is 1. The van der Waals surface area contributed by atoms with E-state index in [-0.39, 0.29) is 5.91 Å². The van der Waals surface area contributed by atoms with Crippen molar-refractivity contribution in [1.29, 1.82) is 0 Å². The molecule has 0 aliphatic carbocycles. The van der Waals surface area contributed by atoms with Crippen molar-refractivity contribution in [2.24, 2.45) is 7.05 Å². The molecular formula is C18H24N4OS. The molecule has 2 heterocycles. The number of imidazole rings is 1. The fourth-order valence-corrected chi connectivity index (χ4v) is 3.58. The van der Waals surface area contributed by atoms with Crippen molar-refractivity contribution < 1.29 is 4.79 Å². The number of thioether (sulfide) groups is 1. The molecule has 1 saturated heterocycles. The Bertz CT molecular complexity index is 690. The molecule has 0 atom stereocenters. The van der Waals surface area contributed by atoms with Crippen molar-refractivity contribution in [3.63, 3.8) is 0 Å². The maximum Gasteiger partial charge on any atom is 0.251 e. The Balaban J connectivity index is 1.59. The van der Waals surface area contributed by atoms with Crippen LogP contribution in [0.3, 0.4) is 0 Å². The van der Waals surface area contributed by atoms with Crippen LogP contribution in [0.5, 0.6) is 0 Å². The average molecular weight is 344 g/mol. The summed E-state index contributed by atoms with van der Waals surface area (Å²) in [6.45, 7) is 2.71. The summed E-state index contributed by atoms with van der Waals surface area (Å²) < 4.78 is 2.00. The Kier molecular flexibility index (Phi) is 5.45. The standard InChI is InChI=1S/C18H24N4OS/c1-21-16(13-20-18(21)24-2)12-19-17(23)14-6-8-15(9-7-14)22-10-4-3-5-11-22/h6-9,13H,3-5,10-12H2,1-2H3,(H,19,23). The normalized spacial score (nSPS) is 14.7. The third-order valence-electron chi connectivity index (χ3n) is 4.51. The Morgan fingerprint density at radius 3 is 2.54 bits per heavy atom. The zero-order chi connectivity index (χ0) is 16.9. The predicted octanol–water partition coefficient (Wildman–Crippen LogP) is 3.06. The zero-order valence-corrected chi connectivity index (χ0v) is 15.1. The topological polar surface area (TPSA) is 50.2 Å². The number of amides is 1. The summed E-state index contributed by atoms with van der Waals surface area (Å²) in [6, 6.07) is 7.93. The molecule has 0 unspecified atom stereocenters. The largest absolute Gasteiger partial charge is 0.372 e. The third-order valence-corrected chi connectivity index (χ3v) is 5.25. The lowest BCUT2D eigenvalue weighted by Crippen LogP contribution is -2.29. The summed E-state index contributed by atoms with van der Waals surface area (Å²) in [4.78, 5) is 19.0. The van der Waals surface area contributed by atoms with Gasteiger partial charge in [-0.2, -0.15) is 0 Å². The van der Waals surface area contributed by atoms with E-state index >= 15 is 0 Å². The minimum atomic E-state index is -0.0490. The second-order valence-electron chi connectivity index (χ2n) is 6.07. The van der Waals surface area contributed by atoms with Crippen LogP contribution in [0.15, 0.2) is 35.6 Å². The van der Waals surface area contributed by atoms with Crippen molar-refractivity contribution in [1.82, 2.24) is 14.9 Å². The lowest BCUT2D eigenvalue weighted by molar-refractivity contribution is 0.0950. The van der Waals surface area contributed by atoms with Crippen LogP contribution in [0, 0.1) is 0 Å². The maximum absolute atomic E-state index is 12.3. The number of carbonyl (C=O) groups is 1. The molecule has 0 saturated carbocycles. The maximum atomic E-state index is 12.3. The molecular weight excluding hydrogens is 320 g/mol. The SMILES string of the molecule is CSc1ncc(CNC(=O)c2ccc(N3CCCCC3)cc2)n1C. The van der Waals surface area contributed by atoms with Crippen LogP contribution >= 0.6 is 11.8 Å². The molecule has 0 radical (unpaired) electrons. The number of nitrogens with zero attached hydrogens (tertiary/aromatic N) is 3. The van der Waals surface area contributed by atoms with Crippen LogP contribution in [-0.2, 0) is 13.6 Å². The Labute approximate surface area is 147 Å². The summed E-state index contributed by atoms with van der Waals surface area (Å²) in [5.41, 5.74) is 2.91. The first kappa shape index (κ1) is 16.9. The second-order valence-corrected chi connectivity index (χ2v) is 6.85. The molecule has 1 aromatic heterocycles. The molecule has 0 spiro atoms. The Hall–Kier alpha value is -1.95. The molecule has 1 N–H and O–H groups in total. The highest BCUT2D eigenvalue weighted by atomic mass is 32.2. The van der Waals surface area contributed by atoms with E-state index in [4.69, 9.17) is 0 Å². The molecule has 24 heavy (non-hydrogen) atoms. The van der Waals surface area contributed by atoms with Crippen molar-refractivity contribution >= 4 is 23.4 Å². The van der Waals surface area contributed by atoms with Crippen LogP contribution in [0.1, 0.15) is 35.3 Å². The molecule has 1 aromatic carbocycles. The van der Waals surface area contributed by atoms with Gasteiger partial charge in [0.1, 0.15) is 0 Å². The third kappa shape index (κ3) is 3.75. The van der Waals surface area contributed by atoms with Crippen molar-refractivity contribution in [2.75, 3.05) is 24.2 Å². The smallest absolute Gasteiger partial charge is 0.251 e. The van der Waals surface area contributed by atoms with Gasteiger partial charge >= 0.3 is 0 Å². The Morgan fingerprint density at radius 1 is 1.21 bits per heavy atom. The van der Waals surface area contributed by atoms with E-state index in [2.05, 4.69) is 27.3 Å². The van der Waals surface area contributed by atoms with Crippen LogP contribution in [0.4, 0.5) is 5.69 Å². The number of benzene rings is 1. The van der Waals surface area contributed by atoms with E-state index < -0.39 is 0 Å². The molecule has 1 fully saturated rings. The second kappa shape index (κ2) is 7.75. The molecule has 6 heteroatoms.